The molecular formula is C18H19N3. The van der Waals surface area contributed by atoms with E-state index in [0.29, 0.717) is 6.04 Å². The molecular weight excluding hydrogens is 258 g/mol. The molecule has 1 aromatic heterocycles. The van der Waals surface area contributed by atoms with E-state index in [1.165, 1.54) is 18.4 Å². The molecule has 0 bridgehead atoms. The van der Waals surface area contributed by atoms with Crippen molar-refractivity contribution in [3.63, 3.8) is 0 Å². The maximum atomic E-state index is 4.71. The van der Waals surface area contributed by atoms with Gasteiger partial charge in [-0.05, 0) is 37.1 Å². The van der Waals surface area contributed by atoms with Crippen LogP contribution in [0, 0.1) is 0 Å². The minimum absolute atomic E-state index is 0.527. The number of fused-ring (bicyclic) bond motifs is 1. The molecule has 1 atom stereocenters. The minimum Gasteiger partial charge on any atom is -0.341 e. The fourth-order valence-electron chi connectivity index (χ4n) is 3.34. The van der Waals surface area contributed by atoms with E-state index < -0.39 is 0 Å². The molecule has 2 aromatic carbocycles. The van der Waals surface area contributed by atoms with Crippen LogP contribution < -0.4 is 0 Å². The smallest absolute Gasteiger partial charge is 0.121 e. The highest BCUT2D eigenvalue weighted by molar-refractivity contribution is 5.74. The molecule has 0 aliphatic carbocycles. The summed E-state index contributed by atoms with van der Waals surface area (Å²) in [5.41, 5.74) is 3.61. The highest BCUT2D eigenvalue weighted by atomic mass is 15.2. The Hall–Kier alpha value is -2.13. The number of nitrogens with zero attached hydrogens (tertiary/aromatic N) is 2. The molecule has 1 aliphatic heterocycles. The topological polar surface area (TPSA) is 31.9 Å². The van der Waals surface area contributed by atoms with E-state index >= 15 is 0 Å². The van der Waals surface area contributed by atoms with Crippen LogP contribution in [0.15, 0.2) is 54.6 Å². The van der Waals surface area contributed by atoms with E-state index in [9.17, 15) is 0 Å². The zero-order valence-corrected chi connectivity index (χ0v) is 12.0. The van der Waals surface area contributed by atoms with Gasteiger partial charge in [0, 0.05) is 6.04 Å². The zero-order valence-electron chi connectivity index (χ0n) is 12.0. The van der Waals surface area contributed by atoms with Gasteiger partial charge in [-0.25, -0.2) is 4.98 Å². The summed E-state index contributed by atoms with van der Waals surface area (Å²) < 4.78 is 0. The molecule has 0 amide bonds. The molecule has 1 unspecified atom stereocenters. The minimum atomic E-state index is 0.527. The number of imidazole rings is 1. The van der Waals surface area contributed by atoms with Crippen molar-refractivity contribution in [3.05, 3.63) is 66.0 Å². The lowest BCUT2D eigenvalue weighted by atomic mass is 10.0. The Labute approximate surface area is 124 Å². The number of nitrogens with one attached hydrogen (secondary N) is 1. The fourth-order valence-corrected chi connectivity index (χ4v) is 3.34. The maximum Gasteiger partial charge on any atom is 0.121 e. The second-order valence-corrected chi connectivity index (χ2v) is 5.74. The third-order valence-corrected chi connectivity index (χ3v) is 4.34. The van der Waals surface area contributed by atoms with Crippen molar-refractivity contribution in [2.45, 2.75) is 25.4 Å². The summed E-state index contributed by atoms with van der Waals surface area (Å²) in [4.78, 5) is 10.7. The van der Waals surface area contributed by atoms with E-state index in [2.05, 4.69) is 52.3 Å². The van der Waals surface area contributed by atoms with Crippen molar-refractivity contribution < 1.29 is 0 Å². The van der Waals surface area contributed by atoms with Crippen molar-refractivity contribution in [2.75, 3.05) is 6.54 Å². The predicted octanol–water partition coefficient (Wildman–Crippen LogP) is 3.90. The number of aromatic amines is 1. The monoisotopic (exact) mass is 277 g/mol. The molecule has 1 aliphatic rings. The Morgan fingerprint density at radius 2 is 1.86 bits per heavy atom. The van der Waals surface area contributed by atoms with Crippen molar-refractivity contribution in [1.82, 2.24) is 14.9 Å². The van der Waals surface area contributed by atoms with Gasteiger partial charge >= 0.3 is 0 Å². The number of hydrogen-bond acceptors (Lipinski definition) is 2. The third kappa shape index (κ3) is 2.45. The number of aromatic nitrogens is 2. The molecule has 4 rings (SSSR count). The molecule has 1 saturated heterocycles. The standard InChI is InChI=1S/C18H19N3/c1-2-7-14(8-3-1)17-11-6-12-21(17)13-18-19-15-9-4-5-10-16(15)20-18/h1-5,7-10,17H,6,11-13H2,(H,19,20). The summed E-state index contributed by atoms with van der Waals surface area (Å²) >= 11 is 0. The quantitative estimate of drug-likeness (QED) is 0.787. The second-order valence-electron chi connectivity index (χ2n) is 5.74. The van der Waals surface area contributed by atoms with Gasteiger partial charge in [0.1, 0.15) is 5.82 Å². The Kier molecular flexibility index (Phi) is 3.20. The van der Waals surface area contributed by atoms with Gasteiger partial charge in [-0.1, -0.05) is 42.5 Å². The van der Waals surface area contributed by atoms with E-state index in [-0.39, 0.29) is 0 Å². The van der Waals surface area contributed by atoms with Crippen LogP contribution in [0.2, 0.25) is 0 Å². The van der Waals surface area contributed by atoms with Gasteiger partial charge in [0.15, 0.2) is 0 Å². The van der Waals surface area contributed by atoms with Crippen LogP contribution in [0.1, 0.15) is 30.3 Å². The summed E-state index contributed by atoms with van der Waals surface area (Å²) in [7, 11) is 0. The highest BCUT2D eigenvalue weighted by Crippen LogP contribution is 2.32. The first kappa shape index (κ1) is 12.6. The molecule has 2 heterocycles. The molecule has 21 heavy (non-hydrogen) atoms. The van der Waals surface area contributed by atoms with Gasteiger partial charge in [0.05, 0.1) is 17.6 Å². The number of H-pyrrole nitrogens is 1. The number of likely N-dealkylation sites (tertiary alicyclic amines) is 1. The summed E-state index contributed by atoms with van der Waals surface area (Å²) in [5.74, 6) is 1.07. The van der Waals surface area contributed by atoms with Gasteiger partial charge in [0.2, 0.25) is 0 Å². The summed E-state index contributed by atoms with van der Waals surface area (Å²) in [6.07, 6.45) is 2.50. The van der Waals surface area contributed by atoms with Crippen molar-refractivity contribution in [2.24, 2.45) is 0 Å². The maximum absolute atomic E-state index is 4.71. The van der Waals surface area contributed by atoms with E-state index in [4.69, 9.17) is 4.98 Å². The number of hydrogen-bond donors (Lipinski definition) is 1. The molecule has 1 N–H and O–H groups in total. The Balaban J connectivity index is 1.58. The molecule has 3 nitrogen and oxygen atoms in total. The molecule has 0 radical (unpaired) electrons. The molecule has 3 aromatic rings. The number of rotatable bonds is 3. The highest BCUT2D eigenvalue weighted by Gasteiger charge is 2.26. The lowest BCUT2D eigenvalue weighted by molar-refractivity contribution is 0.243. The van der Waals surface area contributed by atoms with Crippen LogP contribution >= 0.6 is 0 Å². The Morgan fingerprint density at radius 3 is 2.71 bits per heavy atom. The zero-order chi connectivity index (χ0) is 14.1. The van der Waals surface area contributed by atoms with Gasteiger partial charge in [0.25, 0.3) is 0 Å². The van der Waals surface area contributed by atoms with E-state index in [1.807, 2.05) is 12.1 Å². The van der Waals surface area contributed by atoms with Crippen molar-refractivity contribution >= 4 is 11.0 Å². The van der Waals surface area contributed by atoms with Crippen LogP contribution in [-0.4, -0.2) is 21.4 Å². The van der Waals surface area contributed by atoms with Crippen LogP contribution in [-0.2, 0) is 6.54 Å². The van der Waals surface area contributed by atoms with Gasteiger partial charge in [-0.2, -0.15) is 0 Å². The summed E-state index contributed by atoms with van der Waals surface area (Å²) in [6, 6.07) is 19.6. The third-order valence-electron chi connectivity index (χ3n) is 4.34. The summed E-state index contributed by atoms with van der Waals surface area (Å²) in [5, 5.41) is 0. The SMILES string of the molecule is c1ccc(C2CCCN2Cc2nc3ccccc3[nH]2)cc1. The molecule has 1 fully saturated rings. The van der Waals surface area contributed by atoms with Crippen molar-refractivity contribution in [1.29, 1.82) is 0 Å². The lowest BCUT2D eigenvalue weighted by Gasteiger charge is -2.23. The first-order valence-electron chi connectivity index (χ1n) is 7.63. The fraction of sp³-hybridized carbons (Fsp3) is 0.278. The van der Waals surface area contributed by atoms with Gasteiger partial charge in [-0.3, -0.25) is 4.90 Å². The number of para-hydroxylation sites is 2. The van der Waals surface area contributed by atoms with Crippen LogP contribution in [0.25, 0.3) is 11.0 Å². The molecule has 3 heteroatoms. The Bertz CT molecular complexity index is 699. The number of benzene rings is 2. The lowest BCUT2D eigenvalue weighted by Crippen LogP contribution is -2.23. The second kappa shape index (κ2) is 5.34. The summed E-state index contributed by atoms with van der Waals surface area (Å²) in [6.45, 7) is 2.05. The van der Waals surface area contributed by atoms with Crippen LogP contribution in [0.3, 0.4) is 0 Å². The first-order valence-corrected chi connectivity index (χ1v) is 7.63. The van der Waals surface area contributed by atoms with Crippen LogP contribution in [0.4, 0.5) is 0 Å². The van der Waals surface area contributed by atoms with Crippen LogP contribution in [0.5, 0.6) is 0 Å². The Morgan fingerprint density at radius 1 is 1.05 bits per heavy atom. The predicted molar refractivity (Wildman–Crippen MR) is 84.9 cm³/mol. The largest absolute Gasteiger partial charge is 0.341 e. The average Bonchev–Trinajstić information content (AvgIpc) is 3.14. The molecule has 0 saturated carbocycles. The van der Waals surface area contributed by atoms with E-state index in [1.54, 1.807) is 0 Å². The van der Waals surface area contributed by atoms with Gasteiger partial charge < -0.3 is 4.98 Å². The van der Waals surface area contributed by atoms with E-state index in [0.717, 1.165) is 29.9 Å². The molecule has 106 valence electrons. The molecule has 0 spiro atoms. The van der Waals surface area contributed by atoms with Gasteiger partial charge in [-0.15, -0.1) is 0 Å². The average molecular weight is 277 g/mol. The van der Waals surface area contributed by atoms with Crippen molar-refractivity contribution in [3.8, 4) is 0 Å². The first-order chi connectivity index (χ1) is 10.4. The normalized spacial score (nSPS) is 19.3.